The van der Waals surface area contributed by atoms with Crippen LogP contribution >= 0.6 is 11.3 Å². The molecule has 0 aromatic carbocycles. The van der Waals surface area contributed by atoms with Crippen molar-refractivity contribution in [1.82, 2.24) is 15.2 Å². The van der Waals surface area contributed by atoms with E-state index in [-0.39, 0.29) is 0 Å². The summed E-state index contributed by atoms with van der Waals surface area (Å²) in [7, 11) is 4.36. The van der Waals surface area contributed by atoms with Gasteiger partial charge in [-0.2, -0.15) is 0 Å². The second kappa shape index (κ2) is 7.38. The van der Waals surface area contributed by atoms with Gasteiger partial charge in [0, 0.05) is 36.8 Å². The van der Waals surface area contributed by atoms with Crippen molar-refractivity contribution in [2.24, 2.45) is 5.92 Å². The lowest BCUT2D eigenvalue weighted by molar-refractivity contribution is 0.258. The number of thiazole rings is 1. The van der Waals surface area contributed by atoms with Gasteiger partial charge in [-0.3, -0.25) is 0 Å². The summed E-state index contributed by atoms with van der Waals surface area (Å²) in [5.74, 6) is 0.699. The molecule has 1 aromatic heterocycles. The van der Waals surface area contributed by atoms with E-state index in [1.54, 1.807) is 0 Å². The van der Waals surface area contributed by atoms with Crippen molar-refractivity contribution in [2.45, 2.75) is 39.3 Å². The predicted octanol–water partition coefficient (Wildman–Crippen LogP) is 2.42. The number of rotatable bonds is 6. The molecule has 1 atom stereocenters. The van der Waals surface area contributed by atoms with Gasteiger partial charge in [0.2, 0.25) is 0 Å². The minimum absolute atomic E-state index is 0.662. The van der Waals surface area contributed by atoms with Crippen LogP contribution in [0, 0.1) is 5.92 Å². The van der Waals surface area contributed by atoms with Gasteiger partial charge in [-0.25, -0.2) is 4.98 Å². The molecule has 0 saturated carbocycles. The van der Waals surface area contributed by atoms with Crippen LogP contribution in [-0.4, -0.2) is 49.7 Å². The van der Waals surface area contributed by atoms with Crippen LogP contribution in [0.5, 0.6) is 0 Å². The van der Waals surface area contributed by atoms with Crippen molar-refractivity contribution in [3.63, 3.8) is 0 Å². The first kappa shape index (κ1) is 15.7. The number of piperidine rings is 1. The molecule has 1 saturated heterocycles. The first-order chi connectivity index (χ1) is 9.56. The summed E-state index contributed by atoms with van der Waals surface area (Å²) in [6.07, 6.45) is 4.60. The second-order valence-corrected chi connectivity index (χ2v) is 7.43. The third-order valence-electron chi connectivity index (χ3n) is 3.79. The molecule has 0 spiro atoms. The van der Waals surface area contributed by atoms with Gasteiger partial charge in [0.05, 0.1) is 0 Å². The molecule has 114 valence electrons. The highest BCUT2D eigenvalue weighted by molar-refractivity contribution is 7.15. The molecule has 2 rings (SSSR count). The lowest BCUT2D eigenvalue weighted by Gasteiger charge is -2.35. The predicted molar refractivity (Wildman–Crippen MR) is 87.6 cm³/mol. The van der Waals surface area contributed by atoms with Crippen molar-refractivity contribution in [3.8, 4) is 0 Å². The lowest BCUT2D eigenvalue weighted by Crippen LogP contribution is -2.45. The first-order valence-corrected chi connectivity index (χ1v) is 8.44. The Morgan fingerprint density at radius 1 is 1.50 bits per heavy atom. The molecule has 1 unspecified atom stereocenters. The van der Waals surface area contributed by atoms with Crippen LogP contribution in [0.3, 0.4) is 0 Å². The molecule has 1 aliphatic rings. The molecule has 0 bridgehead atoms. The van der Waals surface area contributed by atoms with Gasteiger partial charge in [-0.1, -0.05) is 13.8 Å². The maximum atomic E-state index is 4.62. The summed E-state index contributed by atoms with van der Waals surface area (Å²) in [5.41, 5.74) is 0. The molecular formula is C15H28N4S. The number of anilines is 1. The van der Waals surface area contributed by atoms with E-state index in [0.717, 1.165) is 26.2 Å². The molecule has 1 N–H and O–H groups in total. The maximum Gasteiger partial charge on any atom is 0.185 e. The number of nitrogens with zero attached hydrogens (tertiary/aromatic N) is 3. The Morgan fingerprint density at radius 3 is 3.00 bits per heavy atom. The molecule has 1 aliphatic heterocycles. The van der Waals surface area contributed by atoms with Crippen molar-refractivity contribution in [2.75, 3.05) is 38.6 Å². The number of likely N-dealkylation sites (N-methyl/N-ethyl adjacent to an activating group) is 1. The molecule has 4 nitrogen and oxygen atoms in total. The quantitative estimate of drug-likeness (QED) is 0.873. The Bertz CT molecular complexity index is 402. The zero-order valence-corrected chi connectivity index (χ0v) is 14.0. The monoisotopic (exact) mass is 296 g/mol. The number of nitrogens with one attached hydrogen (secondary N) is 1. The van der Waals surface area contributed by atoms with E-state index in [1.165, 1.54) is 22.9 Å². The largest absolute Gasteiger partial charge is 0.347 e. The zero-order valence-electron chi connectivity index (χ0n) is 13.2. The van der Waals surface area contributed by atoms with Crippen LogP contribution in [0.4, 0.5) is 5.13 Å². The van der Waals surface area contributed by atoms with Crippen LogP contribution in [0.15, 0.2) is 6.20 Å². The van der Waals surface area contributed by atoms with Crippen LogP contribution < -0.4 is 10.2 Å². The van der Waals surface area contributed by atoms with Gasteiger partial charge in [0.1, 0.15) is 0 Å². The van der Waals surface area contributed by atoms with E-state index in [0.29, 0.717) is 12.0 Å². The van der Waals surface area contributed by atoms with E-state index in [9.17, 15) is 0 Å². The maximum absolute atomic E-state index is 4.62. The smallest absolute Gasteiger partial charge is 0.185 e. The summed E-state index contributed by atoms with van der Waals surface area (Å²) >= 11 is 1.84. The lowest BCUT2D eigenvalue weighted by atomic mass is 10.1. The summed E-state index contributed by atoms with van der Waals surface area (Å²) < 4.78 is 0. The molecule has 0 radical (unpaired) electrons. The van der Waals surface area contributed by atoms with Crippen molar-refractivity contribution in [3.05, 3.63) is 11.1 Å². The van der Waals surface area contributed by atoms with E-state index in [4.69, 9.17) is 0 Å². The average Bonchev–Trinajstić information content (AvgIpc) is 2.87. The molecule has 2 heterocycles. The SMILES string of the molecule is CC(C)CNCc1cnc(N2CCCC(N(C)C)C2)s1. The fraction of sp³-hybridized carbons (Fsp3) is 0.800. The number of aromatic nitrogens is 1. The molecule has 0 aliphatic carbocycles. The van der Waals surface area contributed by atoms with Gasteiger partial charge in [0.15, 0.2) is 5.13 Å². The molecule has 1 aromatic rings. The highest BCUT2D eigenvalue weighted by atomic mass is 32.1. The normalized spacial score (nSPS) is 20.1. The van der Waals surface area contributed by atoms with Crippen LogP contribution in [-0.2, 0) is 6.54 Å². The van der Waals surface area contributed by atoms with E-state index in [2.05, 4.69) is 48.0 Å². The average molecular weight is 296 g/mol. The third kappa shape index (κ3) is 4.43. The number of hydrogen-bond acceptors (Lipinski definition) is 5. The van der Waals surface area contributed by atoms with Crippen LogP contribution in [0.25, 0.3) is 0 Å². The van der Waals surface area contributed by atoms with Crippen LogP contribution in [0.2, 0.25) is 0 Å². The topological polar surface area (TPSA) is 31.4 Å². The fourth-order valence-corrected chi connectivity index (χ4v) is 3.47. The molecule has 20 heavy (non-hydrogen) atoms. The highest BCUT2D eigenvalue weighted by Crippen LogP contribution is 2.26. The molecular weight excluding hydrogens is 268 g/mol. The standard InChI is InChI=1S/C15H28N4S/c1-12(2)8-16-9-14-10-17-15(20-14)19-7-5-6-13(11-19)18(3)4/h10,12-13,16H,5-9,11H2,1-4H3. The first-order valence-electron chi connectivity index (χ1n) is 7.63. The third-order valence-corrected chi connectivity index (χ3v) is 4.85. The second-order valence-electron chi connectivity index (χ2n) is 6.34. The van der Waals surface area contributed by atoms with E-state index in [1.807, 2.05) is 17.5 Å². The summed E-state index contributed by atoms with van der Waals surface area (Å²) in [5, 5.41) is 4.68. The Labute approximate surface area is 127 Å². The molecule has 1 fully saturated rings. The minimum atomic E-state index is 0.662. The van der Waals surface area contributed by atoms with E-state index < -0.39 is 0 Å². The van der Waals surface area contributed by atoms with E-state index >= 15 is 0 Å². The Balaban J connectivity index is 1.88. The van der Waals surface area contributed by atoms with Gasteiger partial charge in [-0.05, 0) is 39.4 Å². The van der Waals surface area contributed by atoms with Gasteiger partial charge < -0.3 is 15.1 Å². The van der Waals surface area contributed by atoms with Crippen molar-refractivity contribution >= 4 is 16.5 Å². The van der Waals surface area contributed by atoms with Crippen LogP contribution in [0.1, 0.15) is 31.6 Å². The highest BCUT2D eigenvalue weighted by Gasteiger charge is 2.23. The minimum Gasteiger partial charge on any atom is -0.347 e. The molecule has 5 heteroatoms. The fourth-order valence-electron chi connectivity index (χ4n) is 2.56. The Hall–Kier alpha value is -0.650. The zero-order chi connectivity index (χ0) is 14.5. The summed E-state index contributed by atoms with van der Waals surface area (Å²) in [4.78, 5) is 10.7. The van der Waals surface area contributed by atoms with Gasteiger partial charge in [0.25, 0.3) is 0 Å². The molecule has 0 amide bonds. The Kier molecular flexibility index (Phi) is 5.81. The Morgan fingerprint density at radius 2 is 2.30 bits per heavy atom. The number of hydrogen-bond donors (Lipinski definition) is 1. The van der Waals surface area contributed by atoms with Gasteiger partial charge >= 0.3 is 0 Å². The summed E-state index contributed by atoms with van der Waals surface area (Å²) in [6, 6.07) is 0.662. The van der Waals surface area contributed by atoms with Crippen molar-refractivity contribution < 1.29 is 0 Å². The van der Waals surface area contributed by atoms with Gasteiger partial charge in [-0.15, -0.1) is 11.3 Å². The summed E-state index contributed by atoms with van der Waals surface area (Å²) in [6.45, 7) is 8.75. The van der Waals surface area contributed by atoms with Crippen molar-refractivity contribution in [1.29, 1.82) is 0 Å².